The van der Waals surface area contributed by atoms with Gasteiger partial charge in [0, 0.05) is 18.3 Å². The van der Waals surface area contributed by atoms with Gasteiger partial charge >= 0.3 is 22.1 Å². The molecule has 3 N–H and O–H groups in total. The van der Waals surface area contributed by atoms with Gasteiger partial charge in [-0.2, -0.15) is 13.2 Å². The second kappa shape index (κ2) is 12.5. The number of nitrogens with zero attached hydrogens (tertiary/aromatic N) is 1. The van der Waals surface area contributed by atoms with Gasteiger partial charge in [0.25, 0.3) is 0 Å². The summed E-state index contributed by atoms with van der Waals surface area (Å²) < 4.78 is 33.6. The molecule has 1 aliphatic rings. The average Bonchev–Trinajstić information content (AvgIpc) is 3.26. The van der Waals surface area contributed by atoms with Gasteiger partial charge in [-0.15, -0.1) is 3.89 Å². The van der Waals surface area contributed by atoms with Crippen molar-refractivity contribution in [1.29, 1.82) is 0 Å². The number of amides is 1. The van der Waals surface area contributed by atoms with Crippen LogP contribution in [0.4, 0.5) is 4.79 Å². The number of aryl methyl sites for hydroxylation is 1. The summed E-state index contributed by atoms with van der Waals surface area (Å²) in [5.41, 5.74) is 10.5. The van der Waals surface area contributed by atoms with Crippen molar-refractivity contribution in [3.63, 3.8) is 0 Å². The highest BCUT2D eigenvalue weighted by atomic mass is 32.2. The maximum atomic E-state index is 14.5. The Morgan fingerprint density at radius 1 is 0.927 bits per heavy atom. The Hall–Kier alpha value is -3.53. The number of carbonyl (C=O) groups excluding carboxylic acids is 1. The number of fused-ring (bicyclic) bond motifs is 3. The third-order valence-corrected chi connectivity index (χ3v) is 10.0. The van der Waals surface area contributed by atoms with E-state index in [0.717, 1.165) is 27.8 Å². The van der Waals surface area contributed by atoms with E-state index < -0.39 is 32.0 Å². The molecule has 1 amide bonds. The lowest BCUT2D eigenvalue weighted by Crippen LogP contribution is -2.66. The maximum Gasteiger partial charge on any atom is 0.532 e. The highest BCUT2D eigenvalue weighted by Gasteiger charge is 2.60. The SMILES string of the molecule is Cc1ccc(S(=O)(=O)[N+](CC(C)C)(C(=O)OCC2c3ccccc3-c3ccccc32)[C@@H](CCCCN)C(=O)O)cc1. The molecule has 41 heavy (non-hydrogen) atoms. The van der Waals surface area contributed by atoms with Crippen LogP contribution in [0.15, 0.2) is 77.7 Å². The Morgan fingerprint density at radius 2 is 1.49 bits per heavy atom. The Bertz CT molecular complexity index is 1460. The fourth-order valence-corrected chi connectivity index (χ4v) is 7.96. The summed E-state index contributed by atoms with van der Waals surface area (Å²) in [4.78, 5) is 27.0. The number of ether oxygens (including phenoxy) is 1. The van der Waals surface area contributed by atoms with Crippen LogP contribution in [0.5, 0.6) is 0 Å². The predicted octanol–water partition coefficient (Wildman–Crippen LogP) is 5.69. The summed E-state index contributed by atoms with van der Waals surface area (Å²) in [6, 6.07) is 20.2. The highest BCUT2D eigenvalue weighted by Crippen LogP contribution is 2.45. The summed E-state index contributed by atoms with van der Waals surface area (Å²) in [6.45, 7) is 5.31. The van der Waals surface area contributed by atoms with E-state index in [1.54, 1.807) is 26.0 Å². The summed E-state index contributed by atoms with van der Waals surface area (Å²) in [5.74, 6) is -2.02. The number of carboxylic acid groups (broad SMARTS) is 1. The van der Waals surface area contributed by atoms with Crippen LogP contribution in [0, 0.1) is 12.8 Å². The topological polar surface area (TPSA) is 124 Å². The lowest BCUT2D eigenvalue weighted by molar-refractivity contribution is -0.755. The van der Waals surface area contributed by atoms with Crippen LogP contribution in [0.3, 0.4) is 0 Å². The van der Waals surface area contributed by atoms with E-state index in [1.165, 1.54) is 12.1 Å². The summed E-state index contributed by atoms with van der Waals surface area (Å²) in [7, 11) is -4.57. The first-order valence-electron chi connectivity index (χ1n) is 14.0. The smallest absolute Gasteiger partial charge is 0.477 e. The van der Waals surface area contributed by atoms with Crippen LogP contribution in [-0.4, -0.2) is 55.2 Å². The standard InChI is InChI=1S/C32H38N2O6S/c1-22(2)20-34(30(31(35)36)14-8-9-19-33,41(38,39)24-17-15-23(3)16-18-24)32(37)40-21-29-27-12-6-4-10-25(27)26-11-5-7-13-28(26)29/h4-7,10-13,15-18,22,29-30H,8-9,14,19-21,33H2,1-3H3/p+1/t30-,34?/m0/s1. The van der Waals surface area contributed by atoms with Crippen molar-refractivity contribution in [2.45, 2.75) is 56.9 Å². The van der Waals surface area contributed by atoms with Crippen LogP contribution >= 0.6 is 0 Å². The van der Waals surface area contributed by atoms with Crippen LogP contribution in [0.25, 0.3) is 11.1 Å². The van der Waals surface area contributed by atoms with Crippen molar-refractivity contribution in [2.24, 2.45) is 11.7 Å². The zero-order valence-electron chi connectivity index (χ0n) is 23.8. The number of benzene rings is 3. The minimum absolute atomic E-state index is 0.0471. The van der Waals surface area contributed by atoms with E-state index in [2.05, 4.69) is 0 Å². The second-order valence-electron chi connectivity index (χ2n) is 11.1. The van der Waals surface area contributed by atoms with Gasteiger partial charge in [0.15, 0.2) is 0 Å². The highest BCUT2D eigenvalue weighted by molar-refractivity contribution is 7.86. The van der Waals surface area contributed by atoms with E-state index in [9.17, 15) is 23.1 Å². The molecule has 0 saturated carbocycles. The molecule has 1 unspecified atom stereocenters. The fourth-order valence-electron chi connectivity index (χ4n) is 5.83. The molecular formula is C32H39N2O6S+. The Kier molecular flexibility index (Phi) is 9.31. The molecule has 0 bridgehead atoms. The zero-order valence-corrected chi connectivity index (χ0v) is 24.6. The number of sulfonamides is 1. The van der Waals surface area contributed by atoms with Crippen molar-refractivity contribution in [3.05, 3.63) is 89.5 Å². The first-order chi connectivity index (χ1) is 19.5. The lowest BCUT2D eigenvalue weighted by Gasteiger charge is -2.38. The number of nitrogens with two attached hydrogens (primary N) is 1. The zero-order chi connectivity index (χ0) is 29.8. The van der Waals surface area contributed by atoms with Crippen LogP contribution in [-0.2, 0) is 19.6 Å². The molecule has 2 atom stereocenters. The largest absolute Gasteiger partial charge is 0.532 e. The average molecular weight is 580 g/mol. The minimum Gasteiger partial charge on any atom is -0.477 e. The van der Waals surface area contributed by atoms with Gasteiger partial charge in [-0.25, -0.2) is 4.79 Å². The molecule has 3 aromatic carbocycles. The molecule has 218 valence electrons. The third kappa shape index (κ3) is 5.80. The molecule has 0 spiro atoms. The van der Waals surface area contributed by atoms with Crippen LogP contribution < -0.4 is 5.73 Å². The van der Waals surface area contributed by atoms with E-state index >= 15 is 0 Å². The Balaban J connectivity index is 1.81. The summed E-state index contributed by atoms with van der Waals surface area (Å²) in [6.07, 6.45) is -0.276. The molecule has 1 aliphatic carbocycles. The van der Waals surface area contributed by atoms with E-state index in [1.807, 2.05) is 55.5 Å². The molecule has 8 nitrogen and oxygen atoms in total. The second-order valence-corrected chi connectivity index (χ2v) is 13.2. The van der Waals surface area contributed by atoms with Gasteiger partial charge < -0.3 is 15.6 Å². The molecule has 0 aromatic heterocycles. The fraction of sp³-hybridized carbons (Fsp3) is 0.375. The molecule has 9 heteroatoms. The molecule has 0 fully saturated rings. The molecular weight excluding hydrogens is 540 g/mol. The van der Waals surface area contributed by atoms with Gasteiger partial charge in [-0.3, -0.25) is 0 Å². The van der Waals surface area contributed by atoms with Gasteiger partial charge in [0.2, 0.25) is 6.04 Å². The van der Waals surface area contributed by atoms with E-state index in [0.29, 0.717) is 19.4 Å². The van der Waals surface area contributed by atoms with Crippen molar-refractivity contribution in [1.82, 2.24) is 0 Å². The van der Waals surface area contributed by atoms with Gasteiger partial charge in [-0.05, 0) is 60.7 Å². The summed E-state index contributed by atoms with van der Waals surface area (Å²) in [5, 5.41) is 10.4. The number of unbranched alkanes of at least 4 members (excludes halogenated alkanes) is 1. The van der Waals surface area contributed by atoms with Gasteiger partial charge in [-0.1, -0.05) is 80.1 Å². The number of quaternary nitrogens is 1. The number of rotatable bonds is 12. The molecule has 0 saturated heterocycles. The van der Waals surface area contributed by atoms with Crippen LogP contribution in [0.1, 0.15) is 55.7 Å². The first kappa shape index (κ1) is 30.4. The van der Waals surface area contributed by atoms with Crippen molar-refractivity contribution < 1.29 is 31.7 Å². The molecule has 0 radical (unpaired) electrons. The number of hydrogen-bond acceptors (Lipinski definition) is 6. The Morgan fingerprint density at radius 3 is 2.00 bits per heavy atom. The normalized spacial score (nSPS) is 15.1. The molecule has 0 aliphatic heterocycles. The summed E-state index contributed by atoms with van der Waals surface area (Å²) >= 11 is 0. The maximum absolute atomic E-state index is 14.5. The molecule has 3 aromatic rings. The monoisotopic (exact) mass is 579 g/mol. The van der Waals surface area contributed by atoms with E-state index in [-0.39, 0.29) is 36.3 Å². The van der Waals surface area contributed by atoms with Crippen molar-refractivity contribution in [3.8, 4) is 11.1 Å². The van der Waals surface area contributed by atoms with Crippen molar-refractivity contribution >= 4 is 22.1 Å². The number of hydrogen-bond donors (Lipinski definition) is 2. The van der Waals surface area contributed by atoms with E-state index in [4.69, 9.17) is 10.5 Å². The number of aliphatic carboxylic acids is 1. The third-order valence-electron chi connectivity index (χ3n) is 7.75. The number of carboxylic acids is 1. The quantitative estimate of drug-likeness (QED) is 0.209. The predicted molar refractivity (Wildman–Crippen MR) is 158 cm³/mol. The van der Waals surface area contributed by atoms with Crippen molar-refractivity contribution in [2.75, 3.05) is 19.7 Å². The first-order valence-corrected chi connectivity index (χ1v) is 15.5. The lowest BCUT2D eigenvalue weighted by atomic mass is 9.98. The van der Waals surface area contributed by atoms with Gasteiger partial charge in [0.1, 0.15) is 18.0 Å². The van der Waals surface area contributed by atoms with Crippen LogP contribution in [0.2, 0.25) is 0 Å². The Labute approximate surface area is 242 Å². The number of carbonyl (C=O) groups is 2. The minimum atomic E-state index is -4.57. The molecule has 0 heterocycles. The van der Waals surface area contributed by atoms with Gasteiger partial charge in [0.05, 0.1) is 0 Å². The molecule has 4 rings (SSSR count).